The first-order valence-electron chi connectivity index (χ1n) is 16.9. The smallest absolute Gasteiger partial charge is 0.116 e. The van der Waals surface area contributed by atoms with Crippen LogP contribution >= 0.6 is 34.4 Å². The van der Waals surface area contributed by atoms with Gasteiger partial charge in [-0.05, 0) is 86.1 Å². The van der Waals surface area contributed by atoms with E-state index >= 15 is 0 Å². The molecule has 0 unspecified atom stereocenters. The SMILES string of the molecule is Cc1ccc(/C=C/c2ccc(-c3c4nsnc4c(-c4ccc(/C=C/c5ccc(C)cc5)s4)c4nc(CC(C)C)c(CC(C)C)nc34)s2)cc1. The standard InChI is InChI=1S/C42H40N4S3/c1-25(2)23-33-34(24-26(3)4)44-40-38(36-22-20-32(48-36)18-16-30-13-9-28(6)10-14-30)42-41(45-49-46-42)37(39(40)43-33)35-21-19-31(47-35)17-15-29-11-7-27(5)8-12-29/h7-22,25-26H,23-24H2,1-6H3/b17-15+,18-16+. The Morgan fingerprint density at radius 2 is 0.918 bits per heavy atom. The maximum atomic E-state index is 5.52. The van der Waals surface area contributed by atoms with Crippen LogP contribution in [0.5, 0.6) is 0 Å². The fraction of sp³-hybridized carbons (Fsp3) is 0.238. The maximum Gasteiger partial charge on any atom is 0.116 e. The van der Waals surface area contributed by atoms with E-state index in [1.165, 1.54) is 43.7 Å². The lowest BCUT2D eigenvalue weighted by Crippen LogP contribution is -2.09. The van der Waals surface area contributed by atoms with Gasteiger partial charge in [-0.3, -0.25) is 0 Å². The Bertz CT molecular complexity index is 2140. The number of aromatic nitrogens is 4. The molecule has 3 aromatic carbocycles. The van der Waals surface area contributed by atoms with Crippen LogP contribution in [0.25, 0.3) is 67.3 Å². The van der Waals surface area contributed by atoms with Crippen molar-refractivity contribution in [3.05, 3.63) is 116 Å². The van der Waals surface area contributed by atoms with Crippen LogP contribution in [0, 0.1) is 25.7 Å². The fourth-order valence-corrected chi connectivity index (χ4v) is 8.50. The molecule has 0 bridgehead atoms. The van der Waals surface area contributed by atoms with Gasteiger partial charge in [0.2, 0.25) is 0 Å². The molecule has 4 heterocycles. The van der Waals surface area contributed by atoms with Gasteiger partial charge in [-0.15, -0.1) is 22.7 Å². The summed E-state index contributed by atoms with van der Waals surface area (Å²) in [6.45, 7) is 13.3. The maximum absolute atomic E-state index is 5.52. The van der Waals surface area contributed by atoms with Gasteiger partial charge in [-0.25, -0.2) is 9.97 Å². The van der Waals surface area contributed by atoms with Gasteiger partial charge in [0.05, 0.1) is 23.1 Å². The first-order valence-corrected chi connectivity index (χ1v) is 19.3. The van der Waals surface area contributed by atoms with E-state index in [1.807, 2.05) is 0 Å². The average Bonchev–Trinajstić information content (AvgIpc) is 3.85. The summed E-state index contributed by atoms with van der Waals surface area (Å²) in [5.74, 6) is 0.927. The van der Waals surface area contributed by atoms with Crippen LogP contribution in [0.15, 0.2) is 72.8 Å². The molecule has 4 aromatic heterocycles. The molecular formula is C42H40N4S3. The number of benzene rings is 3. The molecule has 0 fully saturated rings. The van der Waals surface area contributed by atoms with E-state index in [0.29, 0.717) is 11.8 Å². The number of nitrogens with zero attached hydrogens (tertiary/aromatic N) is 4. The van der Waals surface area contributed by atoms with Gasteiger partial charge in [0.15, 0.2) is 0 Å². The normalized spacial score (nSPS) is 12.2. The Balaban J connectivity index is 1.40. The third-order valence-electron chi connectivity index (χ3n) is 8.47. The molecule has 7 heteroatoms. The van der Waals surface area contributed by atoms with Crippen molar-refractivity contribution >= 4 is 80.8 Å². The predicted molar refractivity (Wildman–Crippen MR) is 214 cm³/mol. The van der Waals surface area contributed by atoms with E-state index in [0.717, 1.165) is 67.2 Å². The third-order valence-corrected chi connectivity index (χ3v) is 11.1. The second-order valence-electron chi connectivity index (χ2n) is 13.6. The van der Waals surface area contributed by atoms with Gasteiger partial charge >= 0.3 is 0 Å². The number of thiophene rings is 2. The minimum atomic E-state index is 0.464. The largest absolute Gasteiger partial charge is 0.248 e. The molecule has 0 aliphatic carbocycles. The Morgan fingerprint density at radius 3 is 1.31 bits per heavy atom. The van der Waals surface area contributed by atoms with Crippen molar-refractivity contribution in [2.75, 3.05) is 0 Å². The molecule has 0 aliphatic rings. The van der Waals surface area contributed by atoms with Gasteiger partial charge < -0.3 is 0 Å². The number of fused-ring (bicyclic) bond motifs is 2. The van der Waals surface area contributed by atoms with Gasteiger partial charge in [-0.2, -0.15) is 8.75 Å². The number of hydrogen-bond donors (Lipinski definition) is 0. The summed E-state index contributed by atoms with van der Waals surface area (Å²) in [6, 6.07) is 26.0. The van der Waals surface area contributed by atoms with Crippen LogP contribution in [-0.4, -0.2) is 18.7 Å². The Kier molecular flexibility index (Phi) is 9.68. The van der Waals surface area contributed by atoms with Gasteiger partial charge in [0.1, 0.15) is 22.1 Å². The van der Waals surface area contributed by atoms with E-state index in [4.69, 9.17) is 18.7 Å². The van der Waals surface area contributed by atoms with Crippen molar-refractivity contribution in [3.8, 4) is 20.9 Å². The highest BCUT2D eigenvalue weighted by molar-refractivity contribution is 7.17. The zero-order valence-electron chi connectivity index (χ0n) is 28.8. The lowest BCUT2D eigenvalue weighted by molar-refractivity contribution is 0.597. The fourth-order valence-electron chi connectivity index (χ4n) is 6.03. The van der Waals surface area contributed by atoms with Crippen LogP contribution in [-0.2, 0) is 12.8 Å². The molecule has 0 amide bonds. The zero-order chi connectivity index (χ0) is 34.1. The summed E-state index contributed by atoms with van der Waals surface area (Å²) in [5, 5.41) is 0. The molecule has 0 radical (unpaired) electrons. The molecule has 0 N–H and O–H groups in total. The number of aryl methyl sites for hydroxylation is 2. The minimum absolute atomic E-state index is 0.464. The van der Waals surface area contributed by atoms with Gasteiger partial charge in [0, 0.05) is 30.6 Å². The molecular weight excluding hydrogens is 657 g/mol. The van der Waals surface area contributed by atoms with Crippen molar-refractivity contribution in [1.82, 2.24) is 18.7 Å². The zero-order valence-corrected chi connectivity index (χ0v) is 31.3. The van der Waals surface area contributed by atoms with E-state index in [2.05, 4.69) is 139 Å². The molecule has 0 spiro atoms. The first kappa shape index (κ1) is 33.2. The molecule has 0 saturated carbocycles. The summed E-state index contributed by atoms with van der Waals surface area (Å²) in [6.07, 6.45) is 10.5. The first-order chi connectivity index (χ1) is 23.7. The lowest BCUT2D eigenvalue weighted by Gasteiger charge is -2.17. The van der Waals surface area contributed by atoms with E-state index in [-0.39, 0.29) is 0 Å². The summed E-state index contributed by atoms with van der Waals surface area (Å²) >= 11 is 4.79. The van der Waals surface area contributed by atoms with Crippen molar-refractivity contribution in [1.29, 1.82) is 0 Å². The second kappa shape index (κ2) is 14.3. The highest BCUT2D eigenvalue weighted by Gasteiger charge is 2.25. The van der Waals surface area contributed by atoms with Crippen LogP contribution in [0.3, 0.4) is 0 Å². The number of rotatable bonds is 10. The average molecular weight is 697 g/mol. The van der Waals surface area contributed by atoms with Gasteiger partial charge in [0.25, 0.3) is 0 Å². The molecule has 0 saturated heterocycles. The molecule has 246 valence electrons. The van der Waals surface area contributed by atoms with Crippen LogP contribution < -0.4 is 0 Å². The molecule has 0 aliphatic heterocycles. The van der Waals surface area contributed by atoms with Gasteiger partial charge in [-0.1, -0.05) is 99.5 Å². The van der Waals surface area contributed by atoms with E-state index < -0.39 is 0 Å². The lowest BCUT2D eigenvalue weighted by atomic mass is 9.98. The van der Waals surface area contributed by atoms with Crippen LogP contribution in [0.2, 0.25) is 0 Å². The van der Waals surface area contributed by atoms with Crippen molar-refractivity contribution in [3.63, 3.8) is 0 Å². The topological polar surface area (TPSA) is 51.6 Å². The molecule has 4 nitrogen and oxygen atoms in total. The summed E-state index contributed by atoms with van der Waals surface area (Å²) in [7, 11) is 0. The van der Waals surface area contributed by atoms with E-state index in [1.54, 1.807) is 22.7 Å². The van der Waals surface area contributed by atoms with E-state index in [9.17, 15) is 0 Å². The van der Waals surface area contributed by atoms with Crippen molar-refractivity contribution in [2.24, 2.45) is 11.8 Å². The monoisotopic (exact) mass is 696 g/mol. The predicted octanol–water partition coefficient (Wildman–Crippen LogP) is 12.4. The Labute approximate surface area is 301 Å². The highest BCUT2D eigenvalue weighted by Crippen LogP contribution is 2.45. The minimum Gasteiger partial charge on any atom is -0.248 e. The number of hydrogen-bond acceptors (Lipinski definition) is 7. The van der Waals surface area contributed by atoms with Crippen LogP contribution in [0.1, 0.15) is 71.1 Å². The summed E-state index contributed by atoms with van der Waals surface area (Å²) < 4.78 is 9.87. The molecule has 49 heavy (non-hydrogen) atoms. The Morgan fingerprint density at radius 1 is 0.510 bits per heavy atom. The summed E-state index contributed by atoms with van der Waals surface area (Å²) in [5.41, 5.74) is 12.8. The molecule has 7 rings (SSSR count). The molecule has 7 aromatic rings. The summed E-state index contributed by atoms with van der Waals surface area (Å²) in [4.78, 5) is 15.7. The van der Waals surface area contributed by atoms with Crippen molar-refractivity contribution in [2.45, 2.75) is 54.4 Å². The molecule has 0 atom stereocenters. The Hall–Kier alpha value is -4.30. The second-order valence-corrected chi connectivity index (χ2v) is 16.4. The quantitative estimate of drug-likeness (QED) is 0.143. The highest BCUT2D eigenvalue weighted by atomic mass is 32.1. The van der Waals surface area contributed by atoms with Crippen molar-refractivity contribution < 1.29 is 0 Å². The van der Waals surface area contributed by atoms with Crippen LogP contribution in [0.4, 0.5) is 0 Å². The third kappa shape index (κ3) is 7.35.